The molecule has 2 heterocycles. The number of sulfonamides is 1. The van der Waals surface area contributed by atoms with Crippen molar-refractivity contribution in [3.63, 3.8) is 0 Å². The van der Waals surface area contributed by atoms with E-state index in [1.807, 2.05) is 0 Å². The number of carbonyl (C=O) groups excluding carboxylic acids is 2. The molecule has 30 heavy (non-hydrogen) atoms. The van der Waals surface area contributed by atoms with Crippen LogP contribution in [-0.4, -0.2) is 44.2 Å². The summed E-state index contributed by atoms with van der Waals surface area (Å²) in [6.45, 7) is 0.789. The van der Waals surface area contributed by atoms with Crippen LogP contribution in [0.5, 0.6) is 0 Å². The van der Waals surface area contributed by atoms with Crippen LogP contribution in [0.1, 0.15) is 25.0 Å². The largest absolute Gasteiger partial charge is 0.467 e. The standard InChI is InChI=1S/C20H24FN3O5S/c21-16-5-7-18(8-6-16)30(27,28)24-11-1-3-15(14-24)20(26)22-10-9-19(25)23-13-17-4-2-12-29-17/h2,4-8,12,15H,1,3,9-11,13-14H2,(H,22,26)(H,23,25). The lowest BCUT2D eigenvalue weighted by Crippen LogP contribution is -2.45. The van der Waals surface area contributed by atoms with Gasteiger partial charge >= 0.3 is 0 Å². The number of halogens is 1. The van der Waals surface area contributed by atoms with Gasteiger partial charge < -0.3 is 15.1 Å². The Hall–Kier alpha value is -2.72. The highest BCUT2D eigenvalue weighted by molar-refractivity contribution is 7.89. The summed E-state index contributed by atoms with van der Waals surface area (Å²) >= 11 is 0. The van der Waals surface area contributed by atoms with Crippen molar-refractivity contribution in [2.24, 2.45) is 5.92 Å². The lowest BCUT2D eigenvalue weighted by Gasteiger charge is -2.31. The number of piperidine rings is 1. The second-order valence-corrected chi connectivity index (χ2v) is 8.99. The Labute approximate surface area is 174 Å². The predicted octanol–water partition coefficient (Wildman–Crippen LogP) is 1.64. The van der Waals surface area contributed by atoms with E-state index in [0.29, 0.717) is 25.1 Å². The van der Waals surface area contributed by atoms with Crippen LogP contribution in [0, 0.1) is 11.7 Å². The summed E-state index contributed by atoms with van der Waals surface area (Å²) < 4.78 is 45.0. The second kappa shape index (κ2) is 9.86. The zero-order valence-electron chi connectivity index (χ0n) is 16.3. The predicted molar refractivity (Wildman–Crippen MR) is 106 cm³/mol. The van der Waals surface area contributed by atoms with Crippen molar-refractivity contribution in [3.8, 4) is 0 Å². The first-order valence-corrected chi connectivity index (χ1v) is 11.1. The van der Waals surface area contributed by atoms with Crippen molar-refractivity contribution in [1.29, 1.82) is 0 Å². The third kappa shape index (κ3) is 5.67. The zero-order chi connectivity index (χ0) is 21.6. The lowest BCUT2D eigenvalue weighted by atomic mass is 9.99. The molecule has 0 bridgehead atoms. The highest BCUT2D eigenvalue weighted by Gasteiger charge is 2.33. The van der Waals surface area contributed by atoms with E-state index in [1.54, 1.807) is 12.1 Å². The fourth-order valence-electron chi connectivity index (χ4n) is 3.26. The number of hydrogen-bond donors (Lipinski definition) is 2. The van der Waals surface area contributed by atoms with Crippen molar-refractivity contribution >= 4 is 21.8 Å². The molecule has 0 aliphatic carbocycles. The molecule has 8 nitrogen and oxygen atoms in total. The Kier molecular flexibility index (Phi) is 7.22. The van der Waals surface area contributed by atoms with Crippen molar-refractivity contribution in [1.82, 2.24) is 14.9 Å². The average molecular weight is 437 g/mol. The molecule has 0 saturated carbocycles. The molecule has 2 aromatic rings. The highest BCUT2D eigenvalue weighted by Crippen LogP contribution is 2.24. The van der Waals surface area contributed by atoms with Gasteiger partial charge in [-0.1, -0.05) is 0 Å². The minimum absolute atomic E-state index is 0.00168. The SMILES string of the molecule is O=C(CCNC(=O)C1CCCN(S(=O)(=O)c2ccc(F)cc2)C1)NCc1ccco1. The van der Waals surface area contributed by atoms with E-state index < -0.39 is 21.8 Å². The maximum Gasteiger partial charge on any atom is 0.243 e. The van der Waals surface area contributed by atoms with E-state index in [0.717, 1.165) is 12.1 Å². The minimum Gasteiger partial charge on any atom is -0.467 e. The Balaban J connectivity index is 1.47. The van der Waals surface area contributed by atoms with Crippen molar-refractivity contribution < 1.29 is 26.8 Å². The van der Waals surface area contributed by atoms with Gasteiger partial charge in [0, 0.05) is 26.1 Å². The lowest BCUT2D eigenvalue weighted by molar-refractivity contribution is -0.126. The van der Waals surface area contributed by atoms with Crippen LogP contribution in [0.15, 0.2) is 52.0 Å². The first-order valence-electron chi connectivity index (χ1n) is 9.69. The minimum atomic E-state index is -3.79. The molecule has 2 amide bonds. The molecule has 1 aliphatic heterocycles. The quantitative estimate of drug-likeness (QED) is 0.653. The molecular formula is C20H24FN3O5S. The van der Waals surface area contributed by atoms with Crippen molar-refractivity contribution in [2.75, 3.05) is 19.6 Å². The number of benzene rings is 1. The molecule has 0 radical (unpaired) electrons. The van der Waals surface area contributed by atoms with E-state index in [1.165, 1.54) is 22.7 Å². The molecule has 162 valence electrons. The van der Waals surface area contributed by atoms with Gasteiger partial charge in [0.2, 0.25) is 21.8 Å². The normalized spacial score (nSPS) is 17.4. The first kappa shape index (κ1) is 22.0. The molecule has 1 aliphatic rings. The van der Waals surface area contributed by atoms with Crippen LogP contribution in [0.3, 0.4) is 0 Å². The molecule has 0 spiro atoms. The molecule has 1 saturated heterocycles. The van der Waals surface area contributed by atoms with E-state index in [-0.39, 0.29) is 42.8 Å². The van der Waals surface area contributed by atoms with Gasteiger partial charge in [-0.2, -0.15) is 4.31 Å². The van der Waals surface area contributed by atoms with Crippen LogP contribution >= 0.6 is 0 Å². The number of hydrogen-bond acceptors (Lipinski definition) is 5. The number of furan rings is 1. The van der Waals surface area contributed by atoms with E-state index in [9.17, 15) is 22.4 Å². The molecule has 1 aromatic heterocycles. The van der Waals surface area contributed by atoms with Crippen LogP contribution < -0.4 is 10.6 Å². The number of nitrogens with zero attached hydrogens (tertiary/aromatic N) is 1. The Morgan fingerprint density at radius 1 is 1.17 bits per heavy atom. The Bertz CT molecular complexity index is 961. The number of nitrogens with one attached hydrogen (secondary N) is 2. The van der Waals surface area contributed by atoms with E-state index >= 15 is 0 Å². The molecular weight excluding hydrogens is 413 g/mol. The maximum absolute atomic E-state index is 13.1. The molecule has 1 fully saturated rings. The summed E-state index contributed by atoms with van der Waals surface area (Å²) in [6.07, 6.45) is 2.73. The summed E-state index contributed by atoms with van der Waals surface area (Å²) in [6, 6.07) is 8.10. The summed E-state index contributed by atoms with van der Waals surface area (Å²) in [5.74, 6) is -0.890. The van der Waals surface area contributed by atoms with Crippen molar-refractivity contribution in [3.05, 3.63) is 54.2 Å². The summed E-state index contributed by atoms with van der Waals surface area (Å²) in [4.78, 5) is 24.3. The van der Waals surface area contributed by atoms with Crippen LogP contribution in [0.25, 0.3) is 0 Å². The smallest absolute Gasteiger partial charge is 0.243 e. The number of rotatable bonds is 8. The first-order chi connectivity index (χ1) is 14.4. The van der Waals surface area contributed by atoms with Gasteiger partial charge in [-0.05, 0) is 49.2 Å². The average Bonchev–Trinajstić information content (AvgIpc) is 3.26. The zero-order valence-corrected chi connectivity index (χ0v) is 17.2. The molecule has 10 heteroatoms. The van der Waals surface area contributed by atoms with Crippen molar-refractivity contribution in [2.45, 2.75) is 30.7 Å². The Morgan fingerprint density at radius 3 is 2.63 bits per heavy atom. The maximum atomic E-state index is 13.1. The van der Waals surface area contributed by atoms with Crippen LogP contribution in [0.4, 0.5) is 4.39 Å². The fraction of sp³-hybridized carbons (Fsp3) is 0.400. The number of carbonyl (C=O) groups is 2. The van der Waals surface area contributed by atoms with Gasteiger partial charge in [0.15, 0.2) is 0 Å². The van der Waals surface area contributed by atoms with Gasteiger partial charge in [0.25, 0.3) is 0 Å². The van der Waals surface area contributed by atoms with E-state index in [2.05, 4.69) is 10.6 Å². The molecule has 1 unspecified atom stereocenters. The number of amides is 2. The summed E-state index contributed by atoms with van der Waals surface area (Å²) in [5.41, 5.74) is 0. The summed E-state index contributed by atoms with van der Waals surface area (Å²) in [7, 11) is -3.79. The fourth-order valence-corrected chi connectivity index (χ4v) is 4.79. The van der Waals surface area contributed by atoms with Gasteiger partial charge in [-0.25, -0.2) is 12.8 Å². The highest BCUT2D eigenvalue weighted by atomic mass is 32.2. The molecule has 1 atom stereocenters. The van der Waals surface area contributed by atoms with Gasteiger partial charge in [-0.3, -0.25) is 9.59 Å². The van der Waals surface area contributed by atoms with Gasteiger partial charge in [0.05, 0.1) is 23.6 Å². The summed E-state index contributed by atoms with van der Waals surface area (Å²) in [5, 5.41) is 5.39. The molecule has 2 N–H and O–H groups in total. The monoisotopic (exact) mass is 437 g/mol. The van der Waals surface area contributed by atoms with Crippen LogP contribution in [0.2, 0.25) is 0 Å². The third-order valence-electron chi connectivity index (χ3n) is 4.90. The van der Waals surface area contributed by atoms with Gasteiger partial charge in [-0.15, -0.1) is 0 Å². The third-order valence-corrected chi connectivity index (χ3v) is 6.78. The van der Waals surface area contributed by atoms with Gasteiger partial charge in [0.1, 0.15) is 11.6 Å². The van der Waals surface area contributed by atoms with E-state index in [4.69, 9.17) is 4.42 Å². The second-order valence-electron chi connectivity index (χ2n) is 7.05. The topological polar surface area (TPSA) is 109 Å². The van der Waals surface area contributed by atoms with Crippen LogP contribution in [-0.2, 0) is 26.2 Å². The molecule has 1 aromatic carbocycles. The Morgan fingerprint density at radius 2 is 1.93 bits per heavy atom. The molecule has 3 rings (SSSR count).